The van der Waals surface area contributed by atoms with Gasteiger partial charge in [-0.25, -0.2) is 0 Å². The summed E-state index contributed by atoms with van der Waals surface area (Å²) < 4.78 is 4.72. The van der Waals surface area contributed by atoms with Crippen molar-refractivity contribution in [3.63, 3.8) is 0 Å². The van der Waals surface area contributed by atoms with Crippen molar-refractivity contribution in [2.24, 2.45) is 5.92 Å². The van der Waals surface area contributed by atoms with Crippen LogP contribution in [-0.2, 0) is 14.3 Å². The smallest absolute Gasteiger partial charge is 0.310 e. The highest BCUT2D eigenvalue weighted by atomic mass is 16.5. The van der Waals surface area contributed by atoms with Gasteiger partial charge in [0.15, 0.2) is 0 Å². The summed E-state index contributed by atoms with van der Waals surface area (Å²) in [7, 11) is 1.41. The topological polar surface area (TPSA) is 58.6 Å². The lowest BCUT2D eigenvalue weighted by molar-refractivity contribution is -0.145. The van der Waals surface area contributed by atoms with Crippen molar-refractivity contribution in [3.8, 4) is 0 Å². The molecule has 5 heteroatoms. The number of carbonyl (C=O) groups is 2. The number of ether oxygens (including phenoxy) is 1. The Morgan fingerprint density at radius 2 is 2.06 bits per heavy atom. The number of likely N-dealkylation sites (tertiary alicyclic amines) is 1. The first-order valence-electron chi connectivity index (χ1n) is 6.70. The summed E-state index contributed by atoms with van der Waals surface area (Å²) in [5.41, 5.74) is 0. The van der Waals surface area contributed by atoms with Gasteiger partial charge in [0, 0.05) is 12.6 Å². The molecule has 0 aromatic rings. The Labute approximate surface area is 109 Å². The summed E-state index contributed by atoms with van der Waals surface area (Å²) in [6, 6.07) is 0.261. The second-order valence-electron chi connectivity index (χ2n) is 4.82. The Morgan fingerprint density at radius 3 is 2.61 bits per heavy atom. The van der Waals surface area contributed by atoms with E-state index in [0.29, 0.717) is 13.1 Å². The quantitative estimate of drug-likeness (QED) is 0.714. The minimum Gasteiger partial charge on any atom is -0.469 e. The maximum Gasteiger partial charge on any atom is 0.310 e. The molecule has 0 saturated carbocycles. The van der Waals surface area contributed by atoms with E-state index in [1.807, 2.05) is 4.90 Å². The van der Waals surface area contributed by atoms with E-state index in [0.717, 1.165) is 25.8 Å². The van der Waals surface area contributed by atoms with Gasteiger partial charge in [0.1, 0.15) is 0 Å². The molecule has 0 aromatic carbocycles. The zero-order valence-electron chi connectivity index (χ0n) is 11.6. The molecule has 1 rings (SSSR count). The van der Waals surface area contributed by atoms with Crippen molar-refractivity contribution in [1.29, 1.82) is 0 Å². The molecule has 1 unspecified atom stereocenters. The molecular weight excluding hydrogens is 232 g/mol. The first kappa shape index (κ1) is 15.0. The van der Waals surface area contributed by atoms with E-state index in [1.165, 1.54) is 7.11 Å². The highest BCUT2D eigenvalue weighted by Gasteiger charge is 2.29. The van der Waals surface area contributed by atoms with E-state index in [4.69, 9.17) is 4.74 Å². The highest BCUT2D eigenvalue weighted by molar-refractivity contribution is 5.78. The van der Waals surface area contributed by atoms with Gasteiger partial charge in [-0.1, -0.05) is 13.8 Å². The van der Waals surface area contributed by atoms with Crippen LogP contribution in [0.4, 0.5) is 0 Å². The molecule has 1 aliphatic rings. The fraction of sp³-hybridized carbons (Fsp3) is 0.846. The third kappa shape index (κ3) is 4.29. The number of amides is 1. The van der Waals surface area contributed by atoms with Crippen LogP contribution in [0.1, 0.15) is 33.1 Å². The van der Waals surface area contributed by atoms with E-state index in [9.17, 15) is 9.59 Å². The average Bonchev–Trinajstić information content (AvgIpc) is 2.83. The SMILES string of the molecule is CCC(CC)NC(=O)CN1CCC(C(=O)OC)C1. The molecule has 1 heterocycles. The number of methoxy groups -OCH3 is 1. The number of hydrogen-bond donors (Lipinski definition) is 1. The van der Waals surface area contributed by atoms with Crippen LogP contribution in [0.15, 0.2) is 0 Å². The molecule has 1 fully saturated rings. The first-order chi connectivity index (χ1) is 8.60. The van der Waals surface area contributed by atoms with Crippen LogP contribution < -0.4 is 5.32 Å². The van der Waals surface area contributed by atoms with Crippen molar-refractivity contribution in [1.82, 2.24) is 10.2 Å². The van der Waals surface area contributed by atoms with Crippen LogP contribution in [0.3, 0.4) is 0 Å². The van der Waals surface area contributed by atoms with Crippen molar-refractivity contribution in [2.75, 3.05) is 26.7 Å². The van der Waals surface area contributed by atoms with E-state index in [2.05, 4.69) is 19.2 Å². The molecule has 0 bridgehead atoms. The monoisotopic (exact) mass is 256 g/mol. The Balaban J connectivity index is 2.32. The van der Waals surface area contributed by atoms with E-state index in [-0.39, 0.29) is 23.8 Å². The number of esters is 1. The fourth-order valence-electron chi connectivity index (χ4n) is 2.30. The molecule has 1 amide bonds. The number of hydrogen-bond acceptors (Lipinski definition) is 4. The molecule has 0 radical (unpaired) electrons. The van der Waals surface area contributed by atoms with Gasteiger partial charge in [0.25, 0.3) is 0 Å². The highest BCUT2D eigenvalue weighted by Crippen LogP contribution is 2.16. The van der Waals surface area contributed by atoms with E-state index >= 15 is 0 Å². The van der Waals surface area contributed by atoms with Crippen molar-refractivity contribution in [3.05, 3.63) is 0 Å². The lowest BCUT2D eigenvalue weighted by Gasteiger charge is -2.19. The van der Waals surface area contributed by atoms with Gasteiger partial charge in [-0.3, -0.25) is 14.5 Å². The molecular formula is C13H24N2O3. The van der Waals surface area contributed by atoms with Crippen LogP contribution in [0.5, 0.6) is 0 Å². The van der Waals surface area contributed by atoms with Crippen molar-refractivity contribution in [2.45, 2.75) is 39.2 Å². The van der Waals surface area contributed by atoms with Crippen LogP contribution in [0.2, 0.25) is 0 Å². The van der Waals surface area contributed by atoms with Crippen molar-refractivity contribution < 1.29 is 14.3 Å². The molecule has 1 N–H and O–H groups in total. The zero-order chi connectivity index (χ0) is 13.5. The maximum atomic E-state index is 11.8. The van der Waals surface area contributed by atoms with Gasteiger partial charge in [0.2, 0.25) is 5.91 Å². The maximum absolute atomic E-state index is 11.8. The van der Waals surface area contributed by atoms with Gasteiger partial charge in [-0.2, -0.15) is 0 Å². The second-order valence-corrected chi connectivity index (χ2v) is 4.82. The number of nitrogens with one attached hydrogen (secondary N) is 1. The lowest BCUT2D eigenvalue weighted by atomic mass is 10.1. The molecule has 104 valence electrons. The molecule has 1 saturated heterocycles. The predicted octanol–water partition coefficient (Wildman–Crippen LogP) is 0.786. The van der Waals surface area contributed by atoms with Gasteiger partial charge in [0.05, 0.1) is 19.6 Å². The van der Waals surface area contributed by atoms with Crippen LogP contribution in [-0.4, -0.2) is 49.6 Å². The summed E-state index contributed by atoms with van der Waals surface area (Å²) in [6.07, 6.45) is 2.69. The van der Waals surface area contributed by atoms with Gasteiger partial charge >= 0.3 is 5.97 Å². The Hall–Kier alpha value is -1.10. The first-order valence-corrected chi connectivity index (χ1v) is 6.70. The molecule has 0 spiro atoms. The van der Waals surface area contributed by atoms with Gasteiger partial charge < -0.3 is 10.1 Å². The van der Waals surface area contributed by atoms with Crippen LogP contribution >= 0.6 is 0 Å². The van der Waals surface area contributed by atoms with E-state index < -0.39 is 0 Å². The zero-order valence-corrected chi connectivity index (χ0v) is 11.6. The number of rotatable bonds is 6. The summed E-state index contributed by atoms with van der Waals surface area (Å²) in [4.78, 5) is 25.2. The molecule has 1 atom stereocenters. The van der Waals surface area contributed by atoms with Gasteiger partial charge in [-0.05, 0) is 25.8 Å². The lowest BCUT2D eigenvalue weighted by Crippen LogP contribution is -2.41. The van der Waals surface area contributed by atoms with E-state index in [1.54, 1.807) is 0 Å². The van der Waals surface area contributed by atoms with Crippen LogP contribution in [0, 0.1) is 5.92 Å². The number of carbonyl (C=O) groups excluding carboxylic acids is 2. The van der Waals surface area contributed by atoms with Crippen molar-refractivity contribution >= 4 is 11.9 Å². The van der Waals surface area contributed by atoms with Gasteiger partial charge in [-0.15, -0.1) is 0 Å². The third-order valence-electron chi connectivity index (χ3n) is 3.52. The van der Waals surface area contributed by atoms with Crippen LogP contribution in [0.25, 0.3) is 0 Å². The summed E-state index contributed by atoms with van der Waals surface area (Å²) >= 11 is 0. The minimum absolute atomic E-state index is 0.0502. The largest absolute Gasteiger partial charge is 0.469 e. The molecule has 0 aliphatic carbocycles. The molecule has 0 aromatic heterocycles. The molecule has 18 heavy (non-hydrogen) atoms. The summed E-state index contributed by atoms with van der Waals surface area (Å²) in [5, 5.41) is 3.00. The fourth-order valence-corrected chi connectivity index (χ4v) is 2.30. The summed E-state index contributed by atoms with van der Waals surface area (Å²) in [5.74, 6) is -0.192. The number of nitrogens with zero attached hydrogens (tertiary/aromatic N) is 1. The normalized spacial score (nSPS) is 20.1. The predicted molar refractivity (Wildman–Crippen MR) is 69.1 cm³/mol. The Morgan fingerprint density at radius 1 is 1.39 bits per heavy atom. The second kappa shape index (κ2) is 7.36. The third-order valence-corrected chi connectivity index (χ3v) is 3.52. The summed E-state index contributed by atoms with van der Waals surface area (Å²) in [6.45, 7) is 5.93. The Kier molecular flexibility index (Phi) is 6.12. The average molecular weight is 256 g/mol. The standard InChI is InChI=1S/C13H24N2O3/c1-4-11(5-2)14-12(16)9-15-7-6-10(8-15)13(17)18-3/h10-11H,4-9H2,1-3H3,(H,14,16). The molecule has 5 nitrogen and oxygen atoms in total. The minimum atomic E-state index is -0.169. The molecule has 1 aliphatic heterocycles. The Bertz CT molecular complexity index is 290.